The Kier molecular flexibility index (Phi) is 7.95. The van der Waals surface area contributed by atoms with Gasteiger partial charge in [0.25, 0.3) is 5.91 Å². The molecule has 0 aliphatic carbocycles. The molecule has 11 heteroatoms. The van der Waals surface area contributed by atoms with Gasteiger partial charge in [-0.1, -0.05) is 18.2 Å². The number of methoxy groups -OCH3 is 1. The lowest BCUT2D eigenvalue weighted by atomic mass is 10.1. The van der Waals surface area contributed by atoms with E-state index in [9.17, 15) is 27.6 Å². The smallest absolute Gasteiger partial charge is 0.416 e. The fourth-order valence-corrected chi connectivity index (χ4v) is 4.15. The number of nitrogens with zero attached hydrogens (tertiary/aromatic N) is 1. The molecule has 0 radical (unpaired) electrons. The van der Waals surface area contributed by atoms with Crippen LogP contribution >= 0.6 is 22.9 Å². The van der Waals surface area contributed by atoms with E-state index in [1.54, 1.807) is 17.5 Å². The summed E-state index contributed by atoms with van der Waals surface area (Å²) in [5.74, 6) is -2.66. The molecular weight excluding hydrogens is 493 g/mol. The van der Waals surface area contributed by atoms with Gasteiger partial charge < -0.3 is 10.1 Å². The van der Waals surface area contributed by atoms with Crippen LogP contribution in [0.1, 0.15) is 26.8 Å². The lowest BCUT2D eigenvalue weighted by molar-refractivity contribution is -0.137. The first-order valence-electron chi connectivity index (χ1n) is 9.73. The van der Waals surface area contributed by atoms with Crippen LogP contribution in [0, 0.1) is 0 Å². The van der Waals surface area contributed by atoms with E-state index in [0.29, 0.717) is 4.88 Å². The quantitative estimate of drug-likeness (QED) is 0.336. The van der Waals surface area contributed by atoms with Crippen molar-refractivity contribution in [1.29, 1.82) is 0 Å². The second-order valence-electron chi connectivity index (χ2n) is 6.93. The molecule has 0 fully saturated rings. The van der Waals surface area contributed by atoms with Crippen molar-refractivity contribution < 1.29 is 32.3 Å². The summed E-state index contributed by atoms with van der Waals surface area (Å²) in [5.41, 5.74) is -0.706. The maximum absolute atomic E-state index is 13.4. The molecule has 0 saturated heterocycles. The summed E-state index contributed by atoms with van der Waals surface area (Å²) < 4.78 is 44.6. The monoisotopic (exact) mass is 510 g/mol. The summed E-state index contributed by atoms with van der Waals surface area (Å²) in [4.78, 5) is 39.4. The summed E-state index contributed by atoms with van der Waals surface area (Å²) in [5, 5.41) is 4.29. The number of hydrogen-bond donors (Lipinski definition) is 1. The molecule has 0 saturated carbocycles. The zero-order chi connectivity index (χ0) is 24.9. The molecule has 2 amide bonds. The second-order valence-corrected chi connectivity index (χ2v) is 8.17. The third-order valence-electron chi connectivity index (χ3n) is 4.71. The number of ether oxygens (including phenoxy) is 1. The number of anilines is 2. The number of benzene rings is 2. The lowest BCUT2D eigenvalue weighted by Gasteiger charge is -2.30. The first-order valence-corrected chi connectivity index (χ1v) is 11.1. The summed E-state index contributed by atoms with van der Waals surface area (Å²) in [6.45, 7) is 0. The van der Waals surface area contributed by atoms with Crippen LogP contribution in [0.3, 0.4) is 0 Å². The van der Waals surface area contributed by atoms with Crippen molar-refractivity contribution in [3.63, 3.8) is 0 Å². The number of alkyl halides is 4. The van der Waals surface area contributed by atoms with Crippen molar-refractivity contribution in [3.8, 4) is 0 Å². The van der Waals surface area contributed by atoms with Gasteiger partial charge in [0.05, 0.1) is 18.2 Å². The molecular formula is C23H18ClF3N2O4S. The van der Waals surface area contributed by atoms with E-state index in [1.165, 1.54) is 37.4 Å². The zero-order valence-electron chi connectivity index (χ0n) is 17.6. The van der Waals surface area contributed by atoms with E-state index < -0.39 is 41.4 Å². The van der Waals surface area contributed by atoms with Crippen molar-refractivity contribution in [1.82, 2.24) is 0 Å². The van der Waals surface area contributed by atoms with Crippen LogP contribution in [-0.2, 0) is 20.5 Å². The Labute approximate surface area is 201 Å². The second kappa shape index (κ2) is 10.7. The minimum absolute atomic E-state index is 0.141. The Morgan fingerprint density at radius 2 is 1.82 bits per heavy atom. The molecule has 0 spiro atoms. The highest BCUT2D eigenvalue weighted by atomic mass is 35.5. The minimum atomic E-state index is -4.65. The molecule has 3 rings (SSSR count). The molecule has 178 valence electrons. The molecule has 0 bridgehead atoms. The van der Waals surface area contributed by atoms with Crippen molar-refractivity contribution in [3.05, 3.63) is 82.0 Å². The molecule has 1 atom stereocenters. The maximum Gasteiger partial charge on any atom is 0.416 e. The largest absolute Gasteiger partial charge is 0.465 e. The SMILES string of the molecule is COC(=O)c1cccc(NC(=O)C(c2cccs2)N(C(=O)CCl)c2cccc(C(F)(F)F)c2)c1. The number of nitrogens with one attached hydrogen (secondary N) is 1. The van der Waals surface area contributed by atoms with Gasteiger partial charge in [0.1, 0.15) is 5.88 Å². The molecule has 2 aromatic carbocycles. The van der Waals surface area contributed by atoms with Gasteiger partial charge in [0.15, 0.2) is 6.04 Å². The molecule has 1 heterocycles. The Morgan fingerprint density at radius 1 is 1.09 bits per heavy atom. The Balaban J connectivity index is 2.05. The first-order chi connectivity index (χ1) is 16.2. The van der Waals surface area contributed by atoms with Crippen molar-refractivity contribution in [2.45, 2.75) is 12.2 Å². The van der Waals surface area contributed by atoms with Gasteiger partial charge in [-0.05, 0) is 47.8 Å². The normalized spacial score (nSPS) is 12.0. The van der Waals surface area contributed by atoms with Gasteiger partial charge in [-0.2, -0.15) is 13.2 Å². The van der Waals surface area contributed by atoms with Crippen molar-refractivity contribution in [2.24, 2.45) is 0 Å². The average Bonchev–Trinajstić information content (AvgIpc) is 3.35. The topological polar surface area (TPSA) is 75.7 Å². The fourth-order valence-electron chi connectivity index (χ4n) is 3.21. The first kappa shape index (κ1) is 25.3. The summed E-state index contributed by atoms with van der Waals surface area (Å²) in [6.07, 6.45) is -4.65. The summed E-state index contributed by atoms with van der Waals surface area (Å²) in [7, 11) is 1.21. The van der Waals surface area contributed by atoms with Gasteiger partial charge in [0.2, 0.25) is 5.91 Å². The van der Waals surface area contributed by atoms with Gasteiger partial charge in [-0.15, -0.1) is 22.9 Å². The Hall–Kier alpha value is -3.37. The van der Waals surface area contributed by atoms with Crippen LogP contribution in [-0.4, -0.2) is 30.8 Å². The molecule has 3 aromatic rings. The number of hydrogen-bond acceptors (Lipinski definition) is 5. The predicted octanol–water partition coefficient (Wildman–Crippen LogP) is 5.51. The zero-order valence-corrected chi connectivity index (χ0v) is 19.2. The highest BCUT2D eigenvalue weighted by molar-refractivity contribution is 7.10. The summed E-state index contributed by atoms with van der Waals surface area (Å²) >= 11 is 6.92. The number of thiophene rings is 1. The number of halogens is 4. The summed E-state index contributed by atoms with van der Waals surface area (Å²) in [6, 6.07) is 11.9. The van der Waals surface area contributed by atoms with Gasteiger partial charge in [0, 0.05) is 16.3 Å². The van der Waals surface area contributed by atoms with Crippen LogP contribution in [0.4, 0.5) is 24.5 Å². The number of esters is 1. The number of carbonyl (C=O) groups is 3. The lowest BCUT2D eigenvalue weighted by Crippen LogP contribution is -2.42. The van der Waals surface area contributed by atoms with Crippen LogP contribution in [0.5, 0.6) is 0 Å². The van der Waals surface area contributed by atoms with Crippen molar-refractivity contribution in [2.75, 3.05) is 23.2 Å². The number of carbonyl (C=O) groups excluding carboxylic acids is 3. The van der Waals surface area contributed by atoms with E-state index in [-0.39, 0.29) is 16.9 Å². The molecule has 1 aromatic heterocycles. The van der Waals surface area contributed by atoms with E-state index >= 15 is 0 Å². The van der Waals surface area contributed by atoms with E-state index in [1.807, 2.05) is 0 Å². The molecule has 0 aliphatic rings. The third-order valence-corrected chi connectivity index (χ3v) is 5.86. The van der Waals surface area contributed by atoms with E-state index in [2.05, 4.69) is 10.1 Å². The number of rotatable bonds is 7. The average molecular weight is 511 g/mol. The standard InChI is InChI=1S/C23H18ClF3N2O4S/c1-33-22(32)14-5-2-7-16(11-14)28-21(31)20(18-9-4-10-34-18)29(19(30)13-24)17-8-3-6-15(12-17)23(25,26)27/h2-12,20H,13H2,1H3,(H,28,31). The van der Waals surface area contributed by atoms with Gasteiger partial charge in [-0.25, -0.2) is 4.79 Å². The molecule has 34 heavy (non-hydrogen) atoms. The Bertz CT molecular complexity index is 1180. The molecule has 1 unspecified atom stereocenters. The van der Waals surface area contributed by atoms with Crippen molar-refractivity contribution >= 4 is 52.1 Å². The van der Waals surface area contributed by atoms with Crippen LogP contribution in [0.2, 0.25) is 0 Å². The minimum Gasteiger partial charge on any atom is -0.465 e. The maximum atomic E-state index is 13.4. The van der Waals surface area contributed by atoms with E-state index in [4.69, 9.17) is 11.6 Å². The van der Waals surface area contributed by atoms with E-state index in [0.717, 1.165) is 34.4 Å². The Morgan fingerprint density at radius 3 is 2.44 bits per heavy atom. The fraction of sp³-hybridized carbons (Fsp3) is 0.174. The van der Waals surface area contributed by atoms with Gasteiger partial charge in [-0.3, -0.25) is 14.5 Å². The molecule has 1 N–H and O–H groups in total. The van der Waals surface area contributed by atoms with Crippen LogP contribution in [0.15, 0.2) is 66.0 Å². The van der Waals surface area contributed by atoms with Crippen LogP contribution < -0.4 is 10.2 Å². The number of amides is 2. The van der Waals surface area contributed by atoms with Gasteiger partial charge >= 0.3 is 12.1 Å². The highest BCUT2D eigenvalue weighted by Crippen LogP contribution is 2.36. The predicted molar refractivity (Wildman–Crippen MR) is 123 cm³/mol. The molecule has 0 aliphatic heterocycles. The molecule has 6 nitrogen and oxygen atoms in total. The third kappa shape index (κ3) is 5.75. The van der Waals surface area contributed by atoms with Crippen LogP contribution in [0.25, 0.3) is 0 Å². The highest BCUT2D eigenvalue weighted by Gasteiger charge is 2.36.